The average Bonchev–Trinajstić information content (AvgIpc) is 3.45. The molecule has 2 amide bonds. The van der Waals surface area contributed by atoms with Gasteiger partial charge >= 0.3 is 0 Å². The highest BCUT2D eigenvalue weighted by molar-refractivity contribution is 7.16. The Labute approximate surface area is 174 Å². The van der Waals surface area contributed by atoms with Gasteiger partial charge in [0.15, 0.2) is 0 Å². The smallest absolute Gasteiger partial charge is 0.271 e. The molecule has 5 nitrogen and oxygen atoms in total. The largest absolute Gasteiger partial charge is 0.351 e. The Hall–Kier alpha value is -2.60. The van der Waals surface area contributed by atoms with Crippen LogP contribution in [-0.2, 0) is 17.9 Å². The molecule has 0 radical (unpaired) electrons. The number of hydrogen-bond acceptors (Lipinski definition) is 3. The van der Waals surface area contributed by atoms with Gasteiger partial charge in [0.1, 0.15) is 16.1 Å². The molecule has 3 aromatic rings. The molecular formula is C23H25N3O2S. The molecule has 6 heteroatoms. The molecule has 0 saturated heterocycles. The van der Waals surface area contributed by atoms with Crippen molar-refractivity contribution in [2.45, 2.75) is 57.3 Å². The van der Waals surface area contributed by atoms with Gasteiger partial charge in [-0.25, -0.2) is 0 Å². The van der Waals surface area contributed by atoms with E-state index in [1.165, 1.54) is 0 Å². The number of benzene rings is 1. The molecule has 0 spiro atoms. The van der Waals surface area contributed by atoms with Crippen molar-refractivity contribution in [2.24, 2.45) is 0 Å². The van der Waals surface area contributed by atoms with Crippen LogP contribution >= 0.6 is 11.3 Å². The molecule has 1 aromatic carbocycles. The highest BCUT2D eigenvalue weighted by Crippen LogP contribution is 2.35. The lowest BCUT2D eigenvalue weighted by atomic mass is 9.93. The fourth-order valence-electron chi connectivity index (χ4n) is 4.68. The first kappa shape index (κ1) is 18.4. The summed E-state index contributed by atoms with van der Waals surface area (Å²) in [6, 6.07) is 14.1. The molecule has 5 rings (SSSR count). The molecule has 1 aliphatic heterocycles. The molecule has 29 heavy (non-hydrogen) atoms. The van der Waals surface area contributed by atoms with Crippen LogP contribution in [0.2, 0.25) is 0 Å². The minimum Gasteiger partial charge on any atom is -0.351 e. The van der Waals surface area contributed by atoms with Crippen molar-refractivity contribution >= 4 is 33.4 Å². The van der Waals surface area contributed by atoms with Crippen LogP contribution in [0.4, 0.5) is 0 Å². The fraction of sp³-hybridized carbons (Fsp3) is 0.391. The van der Waals surface area contributed by atoms with Crippen LogP contribution in [0.25, 0.3) is 10.2 Å². The number of thiophene rings is 1. The van der Waals surface area contributed by atoms with Gasteiger partial charge in [0.2, 0.25) is 5.91 Å². The van der Waals surface area contributed by atoms with Crippen molar-refractivity contribution in [3.8, 4) is 0 Å². The summed E-state index contributed by atoms with van der Waals surface area (Å²) in [6.45, 7) is 2.82. The van der Waals surface area contributed by atoms with E-state index in [1.54, 1.807) is 16.2 Å². The second-order valence-corrected chi connectivity index (χ2v) is 9.30. The number of nitrogens with one attached hydrogen (secondary N) is 1. The van der Waals surface area contributed by atoms with Crippen molar-refractivity contribution in [3.63, 3.8) is 0 Å². The van der Waals surface area contributed by atoms with Crippen LogP contribution in [0.1, 0.15) is 48.7 Å². The van der Waals surface area contributed by atoms with E-state index in [1.807, 2.05) is 59.3 Å². The van der Waals surface area contributed by atoms with E-state index in [-0.39, 0.29) is 17.9 Å². The Kier molecular flexibility index (Phi) is 4.46. The van der Waals surface area contributed by atoms with Gasteiger partial charge in [-0.1, -0.05) is 43.2 Å². The summed E-state index contributed by atoms with van der Waals surface area (Å²) in [4.78, 5) is 29.9. The summed E-state index contributed by atoms with van der Waals surface area (Å²) >= 11 is 1.62. The highest BCUT2D eigenvalue weighted by Gasteiger charge is 2.48. The molecule has 1 aliphatic carbocycles. The molecule has 2 aromatic heterocycles. The van der Waals surface area contributed by atoms with Gasteiger partial charge in [-0.15, -0.1) is 11.3 Å². The number of amides is 2. The standard InChI is InChI=1S/C23H25N3O2S/c1-23(22(28)24-18-9-5-6-10-18)15-25-19(13-17-11-12-29-21(17)25)20(27)26(23)14-16-7-3-2-4-8-16/h2-4,7-8,11-13,18H,5-6,9-10,14-15H2,1H3,(H,24,28)/t23-/m0/s1. The minimum absolute atomic E-state index is 0.0438. The first-order chi connectivity index (χ1) is 14.1. The number of fused-ring (bicyclic) bond motifs is 3. The minimum atomic E-state index is -0.932. The zero-order valence-electron chi connectivity index (χ0n) is 16.6. The van der Waals surface area contributed by atoms with Crippen molar-refractivity contribution in [3.05, 3.63) is 59.1 Å². The third-order valence-electron chi connectivity index (χ3n) is 6.39. The molecule has 150 valence electrons. The van der Waals surface area contributed by atoms with Crippen molar-refractivity contribution in [1.29, 1.82) is 0 Å². The molecule has 1 atom stereocenters. The quantitative estimate of drug-likeness (QED) is 0.706. The maximum atomic E-state index is 13.6. The van der Waals surface area contributed by atoms with Gasteiger partial charge in [-0.3, -0.25) is 9.59 Å². The number of nitrogens with zero attached hydrogens (tertiary/aromatic N) is 2. The lowest BCUT2D eigenvalue weighted by Crippen LogP contribution is -2.64. The van der Waals surface area contributed by atoms with Crippen LogP contribution < -0.4 is 5.32 Å². The molecule has 0 unspecified atom stereocenters. The summed E-state index contributed by atoms with van der Waals surface area (Å²) < 4.78 is 2.04. The maximum absolute atomic E-state index is 13.6. The van der Waals surface area contributed by atoms with Gasteiger partial charge < -0.3 is 14.8 Å². The predicted octanol–water partition coefficient (Wildman–Crippen LogP) is 4.18. The number of carbonyl (C=O) groups is 2. The van der Waals surface area contributed by atoms with Gasteiger partial charge in [0.05, 0.1) is 6.54 Å². The van der Waals surface area contributed by atoms with E-state index in [9.17, 15) is 9.59 Å². The second-order valence-electron chi connectivity index (χ2n) is 8.40. The highest BCUT2D eigenvalue weighted by atomic mass is 32.1. The van der Waals surface area contributed by atoms with E-state index in [0.717, 1.165) is 41.5 Å². The topological polar surface area (TPSA) is 54.3 Å². The monoisotopic (exact) mass is 407 g/mol. The summed E-state index contributed by atoms with van der Waals surface area (Å²) in [6.07, 6.45) is 4.37. The van der Waals surface area contributed by atoms with Crippen LogP contribution in [0.3, 0.4) is 0 Å². The molecule has 3 heterocycles. The number of hydrogen-bond donors (Lipinski definition) is 1. The van der Waals surface area contributed by atoms with E-state index in [0.29, 0.717) is 18.8 Å². The zero-order chi connectivity index (χ0) is 20.0. The molecule has 1 fully saturated rings. The van der Waals surface area contributed by atoms with Crippen LogP contribution in [0.15, 0.2) is 47.8 Å². The summed E-state index contributed by atoms with van der Waals surface area (Å²) in [7, 11) is 0. The normalized spacial score (nSPS) is 22.2. The average molecular weight is 408 g/mol. The third kappa shape index (κ3) is 3.06. The fourth-order valence-corrected chi connectivity index (χ4v) is 5.58. The Balaban J connectivity index is 1.55. The van der Waals surface area contributed by atoms with Crippen LogP contribution in [0.5, 0.6) is 0 Å². The molecular weight excluding hydrogens is 382 g/mol. The molecule has 1 saturated carbocycles. The first-order valence-corrected chi connectivity index (χ1v) is 11.2. The number of carbonyl (C=O) groups excluding carboxylic acids is 2. The second kappa shape index (κ2) is 7.02. The molecule has 1 N–H and O–H groups in total. The van der Waals surface area contributed by atoms with Crippen molar-refractivity contribution in [1.82, 2.24) is 14.8 Å². The Morgan fingerprint density at radius 1 is 1.21 bits per heavy atom. The van der Waals surface area contributed by atoms with Crippen molar-refractivity contribution < 1.29 is 9.59 Å². The summed E-state index contributed by atoms with van der Waals surface area (Å²) in [5.41, 5.74) is 0.773. The number of rotatable bonds is 4. The SMILES string of the molecule is C[C@@]1(C(=O)NC2CCCC2)Cn2c(cc3ccsc32)C(=O)N1Cc1ccccc1. The molecule has 0 bridgehead atoms. The van der Waals surface area contributed by atoms with E-state index in [4.69, 9.17) is 0 Å². The van der Waals surface area contributed by atoms with Gasteiger partial charge in [0.25, 0.3) is 5.91 Å². The summed E-state index contributed by atoms with van der Waals surface area (Å²) in [5.74, 6) is -0.120. The Bertz CT molecular complexity index is 1060. The zero-order valence-corrected chi connectivity index (χ0v) is 17.4. The Morgan fingerprint density at radius 2 is 1.97 bits per heavy atom. The summed E-state index contributed by atoms with van der Waals surface area (Å²) in [5, 5.41) is 6.35. The predicted molar refractivity (Wildman–Crippen MR) is 115 cm³/mol. The van der Waals surface area contributed by atoms with Crippen LogP contribution in [0, 0.1) is 0 Å². The molecule has 2 aliphatic rings. The van der Waals surface area contributed by atoms with E-state index < -0.39 is 5.54 Å². The van der Waals surface area contributed by atoms with Gasteiger partial charge in [-0.05, 0) is 42.8 Å². The van der Waals surface area contributed by atoms with Gasteiger partial charge in [-0.2, -0.15) is 0 Å². The Morgan fingerprint density at radius 3 is 2.72 bits per heavy atom. The third-order valence-corrected chi connectivity index (χ3v) is 7.34. The van der Waals surface area contributed by atoms with E-state index >= 15 is 0 Å². The van der Waals surface area contributed by atoms with E-state index in [2.05, 4.69) is 5.32 Å². The first-order valence-electron chi connectivity index (χ1n) is 10.3. The van der Waals surface area contributed by atoms with Crippen LogP contribution in [-0.4, -0.2) is 32.9 Å². The van der Waals surface area contributed by atoms with Crippen molar-refractivity contribution in [2.75, 3.05) is 0 Å². The number of aromatic nitrogens is 1. The lowest BCUT2D eigenvalue weighted by molar-refractivity contribution is -0.133. The lowest BCUT2D eigenvalue weighted by Gasteiger charge is -2.44. The van der Waals surface area contributed by atoms with Gasteiger partial charge in [0, 0.05) is 18.0 Å². The maximum Gasteiger partial charge on any atom is 0.271 e.